The highest BCUT2D eigenvalue weighted by Gasteiger charge is 2.21. The van der Waals surface area contributed by atoms with Crippen molar-refractivity contribution in [1.29, 1.82) is 0 Å². The van der Waals surface area contributed by atoms with E-state index >= 15 is 0 Å². The Hall–Kier alpha value is -1.15. The molecule has 0 radical (unpaired) electrons. The first-order valence-corrected chi connectivity index (χ1v) is 9.32. The second-order valence-electron chi connectivity index (χ2n) is 6.25. The first-order chi connectivity index (χ1) is 10.8. The zero-order valence-corrected chi connectivity index (χ0v) is 15.2. The van der Waals surface area contributed by atoms with Gasteiger partial charge in [-0.2, -0.15) is 0 Å². The number of sulfonamides is 1. The van der Waals surface area contributed by atoms with Gasteiger partial charge in [0.25, 0.3) is 0 Å². The highest BCUT2D eigenvalue weighted by atomic mass is 32.2. The van der Waals surface area contributed by atoms with Crippen LogP contribution in [0.4, 0.5) is 0 Å². The van der Waals surface area contributed by atoms with Crippen LogP contribution in [0.2, 0.25) is 0 Å². The average molecular weight is 341 g/mol. The maximum absolute atomic E-state index is 12.0. The molecule has 1 atom stereocenters. The fourth-order valence-corrected chi connectivity index (χ4v) is 3.61. The summed E-state index contributed by atoms with van der Waals surface area (Å²) in [6, 6.07) is 7.13. The summed E-state index contributed by atoms with van der Waals surface area (Å²) >= 11 is 0. The summed E-state index contributed by atoms with van der Waals surface area (Å²) in [5.41, 5.74) is 0. The van der Waals surface area contributed by atoms with Crippen LogP contribution in [0.5, 0.6) is 5.75 Å². The Labute approximate surface area is 139 Å². The van der Waals surface area contributed by atoms with E-state index in [2.05, 4.69) is 23.8 Å². The highest BCUT2D eigenvalue weighted by molar-refractivity contribution is 7.89. The molecule has 1 aromatic rings. The summed E-state index contributed by atoms with van der Waals surface area (Å²) in [5, 5.41) is 0. The minimum atomic E-state index is -3.38. The quantitative estimate of drug-likeness (QED) is 0.771. The Morgan fingerprint density at radius 2 is 1.87 bits per heavy atom. The predicted octanol–water partition coefficient (Wildman–Crippen LogP) is 0.952. The van der Waals surface area contributed by atoms with Crippen molar-refractivity contribution in [2.75, 3.05) is 53.9 Å². The van der Waals surface area contributed by atoms with Crippen molar-refractivity contribution in [3.05, 3.63) is 24.3 Å². The molecule has 1 fully saturated rings. The molecular formula is C16H27N3O3S. The molecule has 0 aromatic heterocycles. The molecule has 6 nitrogen and oxygen atoms in total. The van der Waals surface area contributed by atoms with Gasteiger partial charge in [0.2, 0.25) is 10.0 Å². The Bertz CT molecular complexity index is 602. The molecule has 0 N–H and O–H groups in total. The van der Waals surface area contributed by atoms with E-state index in [9.17, 15) is 8.42 Å². The molecular weight excluding hydrogens is 314 g/mol. The van der Waals surface area contributed by atoms with Crippen LogP contribution in [0, 0.1) is 0 Å². The minimum absolute atomic E-state index is 0.280. The van der Waals surface area contributed by atoms with Gasteiger partial charge in [-0.1, -0.05) is 0 Å². The summed E-state index contributed by atoms with van der Waals surface area (Å²) in [6.07, 6.45) is 0. The third kappa shape index (κ3) is 4.67. The molecule has 0 spiro atoms. The zero-order valence-electron chi connectivity index (χ0n) is 14.4. The Morgan fingerprint density at radius 3 is 2.43 bits per heavy atom. The van der Waals surface area contributed by atoms with Crippen molar-refractivity contribution in [3.8, 4) is 5.75 Å². The van der Waals surface area contributed by atoms with Crippen LogP contribution in [0.25, 0.3) is 0 Å². The summed E-state index contributed by atoms with van der Waals surface area (Å²) in [5.74, 6) is 0.699. The zero-order chi connectivity index (χ0) is 17.0. The number of likely N-dealkylation sites (N-methyl/N-ethyl adjacent to an activating group) is 1. The van der Waals surface area contributed by atoms with E-state index in [4.69, 9.17) is 4.74 Å². The van der Waals surface area contributed by atoms with E-state index in [0.29, 0.717) is 18.4 Å². The molecule has 0 bridgehead atoms. The lowest BCUT2D eigenvalue weighted by atomic mass is 10.2. The summed E-state index contributed by atoms with van der Waals surface area (Å²) in [4.78, 5) is 5.04. The molecule has 0 unspecified atom stereocenters. The van der Waals surface area contributed by atoms with E-state index in [1.165, 1.54) is 18.4 Å². The third-order valence-corrected chi connectivity index (χ3v) is 6.05. The monoisotopic (exact) mass is 341 g/mol. The fourth-order valence-electron chi connectivity index (χ4n) is 2.71. The van der Waals surface area contributed by atoms with E-state index in [0.717, 1.165) is 26.2 Å². The molecule has 1 aromatic carbocycles. The van der Waals surface area contributed by atoms with Crippen molar-refractivity contribution < 1.29 is 13.2 Å². The molecule has 0 amide bonds. The topological polar surface area (TPSA) is 53.1 Å². The number of rotatable bonds is 6. The Morgan fingerprint density at radius 1 is 1.22 bits per heavy atom. The standard InChI is InChI=1S/C16H27N3O3S/c1-14-13-18(4)9-10-19(14)11-12-22-15-5-7-16(8-6-15)23(20,21)17(2)3/h5-8,14H,9-13H2,1-4H3/t14-/m0/s1. The second-order valence-corrected chi connectivity index (χ2v) is 8.41. The molecule has 0 saturated carbocycles. The largest absolute Gasteiger partial charge is 0.492 e. The van der Waals surface area contributed by atoms with Crippen LogP contribution in [0.15, 0.2) is 29.2 Å². The normalized spacial score (nSPS) is 20.8. The first kappa shape index (κ1) is 18.2. The molecule has 7 heteroatoms. The lowest BCUT2D eigenvalue weighted by Crippen LogP contribution is -2.51. The summed E-state index contributed by atoms with van der Waals surface area (Å²) in [7, 11) is 1.82. The number of hydrogen-bond acceptors (Lipinski definition) is 5. The maximum Gasteiger partial charge on any atom is 0.242 e. The van der Waals surface area contributed by atoms with Gasteiger partial charge in [0.15, 0.2) is 0 Å². The van der Waals surface area contributed by atoms with Crippen molar-refractivity contribution >= 4 is 10.0 Å². The molecule has 130 valence electrons. The lowest BCUT2D eigenvalue weighted by Gasteiger charge is -2.38. The van der Waals surface area contributed by atoms with Crippen LogP contribution in [-0.4, -0.2) is 82.5 Å². The van der Waals surface area contributed by atoms with Gasteiger partial charge in [-0.25, -0.2) is 12.7 Å². The van der Waals surface area contributed by atoms with Crippen LogP contribution < -0.4 is 4.74 Å². The van der Waals surface area contributed by atoms with Gasteiger partial charge in [0, 0.05) is 46.3 Å². The molecule has 1 aliphatic heterocycles. The number of nitrogens with zero attached hydrogens (tertiary/aromatic N) is 3. The third-order valence-electron chi connectivity index (χ3n) is 4.22. The van der Waals surface area contributed by atoms with Crippen molar-refractivity contribution in [2.24, 2.45) is 0 Å². The maximum atomic E-state index is 12.0. The van der Waals surface area contributed by atoms with Crippen molar-refractivity contribution in [2.45, 2.75) is 17.9 Å². The van der Waals surface area contributed by atoms with Gasteiger partial charge in [-0.05, 0) is 38.2 Å². The lowest BCUT2D eigenvalue weighted by molar-refractivity contribution is 0.0858. The molecule has 23 heavy (non-hydrogen) atoms. The van der Waals surface area contributed by atoms with Crippen LogP contribution in [-0.2, 0) is 10.0 Å². The highest BCUT2D eigenvalue weighted by Crippen LogP contribution is 2.18. The van der Waals surface area contributed by atoms with Gasteiger partial charge in [0.05, 0.1) is 4.90 Å². The smallest absolute Gasteiger partial charge is 0.242 e. The van der Waals surface area contributed by atoms with Crippen molar-refractivity contribution in [3.63, 3.8) is 0 Å². The number of piperazine rings is 1. The van der Waals surface area contributed by atoms with Crippen molar-refractivity contribution in [1.82, 2.24) is 14.1 Å². The number of benzene rings is 1. The molecule has 2 rings (SSSR count). The Kier molecular flexibility index (Phi) is 6.02. The molecule has 1 aliphatic rings. The van der Waals surface area contributed by atoms with Gasteiger partial charge in [0.1, 0.15) is 12.4 Å². The van der Waals surface area contributed by atoms with Crippen LogP contribution in [0.1, 0.15) is 6.92 Å². The van der Waals surface area contributed by atoms with Gasteiger partial charge in [-0.15, -0.1) is 0 Å². The number of ether oxygens (including phenoxy) is 1. The predicted molar refractivity (Wildman–Crippen MR) is 91.3 cm³/mol. The Balaban J connectivity index is 1.85. The van der Waals surface area contributed by atoms with E-state index in [1.54, 1.807) is 24.3 Å². The van der Waals surface area contributed by atoms with Gasteiger partial charge in [-0.3, -0.25) is 4.90 Å². The molecule has 0 aliphatic carbocycles. The van der Waals surface area contributed by atoms with E-state index < -0.39 is 10.0 Å². The summed E-state index contributed by atoms with van der Waals surface area (Å²) < 4.78 is 31.0. The van der Waals surface area contributed by atoms with Gasteiger partial charge >= 0.3 is 0 Å². The first-order valence-electron chi connectivity index (χ1n) is 7.88. The van der Waals surface area contributed by atoms with Crippen LogP contribution >= 0.6 is 0 Å². The SMILES string of the molecule is C[C@H]1CN(C)CCN1CCOc1ccc(S(=O)(=O)N(C)C)cc1. The average Bonchev–Trinajstić information content (AvgIpc) is 2.50. The summed E-state index contributed by atoms with van der Waals surface area (Å²) in [6.45, 7) is 6.94. The van der Waals surface area contributed by atoms with Gasteiger partial charge < -0.3 is 9.64 Å². The minimum Gasteiger partial charge on any atom is -0.492 e. The number of hydrogen-bond donors (Lipinski definition) is 0. The molecule has 1 heterocycles. The second kappa shape index (κ2) is 7.61. The van der Waals surface area contributed by atoms with E-state index in [1.807, 2.05) is 0 Å². The fraction of sp³-hybridized carbons (Fsp3) is 0.625. The van der Waals surface area contributed by atoms with E-state index in [-0.39, 0.29) is 4.90 Å². The molecule has 1 saturated heterocycles. The van der Waals surface area contributed by atoms with Crippen LogP contribution in [0.3, 0.4) is 0 Å².